The number of ether oxygens (including phenoxy) is 2. The molecule has 1 fully saturated rings. The minimum absolute atomic E-state index is 0.304. The molecule has 18 heavy (non-hydrogen) atoms. The highest BCUT2D eigenvalue weighted by Crippen LogP contribution is 2.28. The van der Waals surface area contributed by atoms with Crippen LogP contribution >= 0.6 is 0 Å². The zero-order chi connectivity index (χ0) is 13.3. The Labute approximate surface area is 109 Å². The molecule has 0 aromatic rings. The van der Waals surface area contributed by atoms with Crippen LogP contribution in [0.5, 0.6) is 0 Å². The first kappa shape index (κ1) is 15.9. The van der Waals surface area contributed by atoms with Crippen LogP contribution in [0.4, 0.5) is 0 Å². The van der Waals surface area contributed by atoms with Gasteiger partial charge in [0.2, 0.25) is 0 Å². The maximum atomic E-state index is 10.1. The predicted octanol–water partition coefficient (Wildman–Crippen LogP) is 0.295. The lowest BCUT2D eigenvalue weighted by atomic mass is 10.0. The van der Waals surface area contributed by atoms with E-state index in [2.05, 4.69) is 5.32 Å². The first-order valence-electron chi connectivity index (χ1n) is 6.93. The predicted molar refractivity (Wildman–Crippen MR) is 69.6 cm³/mol. The molecule has 0 aromatic carbocycles. The van der Waals surface area contributed by atoms with E-state index in [-0.39, 0.29) is 0 Å². The first-order chi connectivity index (χ1) is 8.66. The van der Waals surface area contributed by atoms with Crippen LogP contribution in [0.2, 0.25) is 0 Å². The smallest absolute Gasteiger partial charge is 0.0897 e. The highest BCUT2D eigenvalue weighted by Gasteiger charge is 2.30. The summed E-state index contributed by atoms with van der Waals surface area (Å²) in [5.74, 6) is 0. The highest BCUT2D eigenvalue weighted by atomic mass is 16.5. The Bertz CT molecular complexity index is 207. The molecule has 5 nitrogen and oxygen atoms in total. The second-order valence-corrected chi connectivity index (χ2v) is 4.99. The van der Waals surface area contributed by atoms with Gasteiger partial charge in [-0.15, -0.1) is 0 Å². The largest absolute Gasteiger partial charge is 0.389 e. The van der Waals surface area contributed by atoms with Crippen molar-refractivity contribution in [2.75, 3.05) is 39.5 Å². The Morgan fingerprint density at radius 2 is 1.89 bits per heavy atom. The van der Waals surface area contributed by atoms with Gasteiger partial charge in [0.05, 0.1) is 31.5 Å². The molecule has 0 saturated heterocycles. The van der Waals surface area contributed by atoms with E-state index >= 15 is 0 Å². The van der Waals surface area contributed by atoms with E-state index in [9.17, 15) is 10.2 Å². The van der Waals surface area contributed by atoms with Crippen LogP contribution in [-0.2, 0) is 9.47 Å². The molecule has 1 atom stereocenters. The molecule has 5 heteroatoms. The van der Waals surface area contributed by atoms with Crippen LogP contribution in [0.3, 0.4) is 0 Å². The molecule has 0 radical (unpaired) electrons. The van der Waals surface area contributed by atoms with Crippen molar-refractivity contribution in [2.24, 2.45) is 0 Å². The molecular formula is C13H27NO4. The summed E-state index contributed by atoms with van der Waals surface area (Å²) in [5, 5.41) is 22.8. The molecule has 1 aliphatic rings. The Kier molecular flexibility index (Phi) is 7.77. The highest BCUT2D eigenvalue weighted by molar-refractivity contribution is 4.86. The lowest BCUT2D eigenvalue weighted by molar-refractivity contribution is 0.00205. The number of nitrogens with one attached hydrogen (secondary N) is 1. The van der Waals surface area contributed by atoms with Gasteiger partial charge in [-0.1, -0.05) is 12.8 Å². The maximum Gasteiger partial charge on any atom is 0.0897 e. The van der Waals surface area contributed by atoms with Gasteiger partial charge in [-0.3, -0.25) is 0 Å². The van der Waals surface area contributed by atoms with E-state index in [1.807, 2.05) is 6.92 Å². The van der Waals surface area contributed by atoms with E-state index < -0.39 is 11.7 Å². The summed E-state index contributed by atoms with van der Waals surface area (Å²) in [6.45, 7) is 5.02. The SMILES string of the molecule is CCOCCOCC(O)CNCC1(O)CCCC1. The molecule has 0 aromatic heterocycles. The molecule has 1 rings (SSSR count). The third-order valence-electron chi connectivity index (χ3n) is 3.25. The topological polar surface area (TPSA) is 71.0 Å². The normalized spacial score (nSPS) is 20.2. The van der Waals surface area contributed by atoms with Gasteiger partial charge in [-0.25, -0.2) is 0 Å². The fourth-order valence-electron chi connectivity index (χ4n) is 2.22. The van der Waals surface area contributed by atoms with Crippen LogP contribution in [0.1, 0.15) is 32.6 Å². The molecule has 0 bridgehead atoms. The van der Waals surface area contributed by atoms with Gasteiger partial charge in [0, 0.05) is 19.7 Å². The quantitative estimate of drug-likeness (QED) is 0.493. The van der Waals surface area contributed by atoms with Crippen molar-refractivity contribution in [3.05, 3.63) is 0 Å². The average Bonchev–Trinajstić information content (AvgIpc) is 2.76. The minimum Gasteiger partial charge on any atom is -0.389 e. The summed E-state index contributed by atoms with van der Waals surface area (Å²) in [5.41, 5.74) is -0.560. The Morgan fingerprint density at radius 3 is 2.56 bits per heavy atom. The summed E-state index contributed by atoms with van der Waals surface area (Å²) in [6, 6.07) is 0. The van der Waals surface area contributed by atoms with E-state index in [0.717, 1.165) is 25.7 Å². The van der Waals surface area contributed by atoms with Gasteiger partial charge in [-0.05, 0) is 19.8 Å². The number of aliphatic hydroxyl groups excluding tert-OH is 1. The molecule has 0 heterocycles. The molecular weight excluding hydrogens is 234 g/mol. The van der Waals surface area contributed by atoms with Crippen molar-refractivity contribution in [3.63, 3.8) is 0 Å². The lowest BCUT2D eigenvalue weighted by Crippen LogP contribution is -2.41. The second-order valence-electron chi connectivity index (χ2n) is 4.99. The van der Waals surface area contributed by atoms with Gasteiger partial charge in [0.1, 0.15) is 0 Å². The lowest BCUT2D eigenvalue weighted by Gasteiger charge is -2.23. The monoisotopic (exact) mass is 261 g/mol. The summed E-state index contributed by atoms with van der Waals surface area (Å²) in [6.07, 6.45) is 3.39. The van der Waals surface area contributed by atoms with Crippen LogP contribution in [-0.4, -0.2) is 61.4 Å². The van der Waals surface area contributed by atoms with E-state index in [1.54, 1.807) is 0 Å². The van der Waals surface area contributed by atoms with Gasteiger partial charge >= 0.3 is 0 Å². The number of rotatable bonds is 10. The van der Waals surface area contributed by atoms with E-state index in [1.165, 1.54) is 0 Å². The van der Waals surface area contributed by atoms with Gasteiger partial charge in [0.15, 0.2) is 0 Å². The molecule has 0 amide bonds. The van der Waals surface area contributed by atoms with Crippen LogP contribution < -0.4 is 5.32 Å². The summed E-state index contributed by atoms with van der Waals surface area (Å²) in [4.78, 5) is 0. The summed E-state index contributed by atoms with van der Waals surface area (Å²) >= 11 is 0. The van der Waals surface area contributed by atoms with Crippen molar-refractivity contribution in [2.45, 2.75) is 44.3 Å². The first-order valence-corrected chi connectivity index (χ1v) is 6.93. The molecule has 1 saturated carbocycles. The fraction of sp³-hybridized carbons (Fsp3) is 1.00. The van der Waals surface area contributed by atoms with E-state index in [0.29, 0.717) is 39.5 Å². The van der Waals surface area contributed by atoms with Crippen LogP contribution in [0.25, 0.3) is 0 Å². The minimum atomic E-state index is -0.560. The van der Waals surface area contributed by atoms with Crippen LogP contribution in [0, 0.1) is 0 Å². The second kappa shape index (κ2) is 8.82. The Balaban J connectivity index is 1.94. The Morgan fingerprint density at radius 1 is 1.22 bits per heavy atom. The van der Waals surface area contributed by atoms with Crippen molar-refractivity contribution >= 4 is 0 Å². The summed E-state index contributed by atoms with van der Waals surface area (Å²) in [7, 11) is 0. The molecule has 0 spiro atoms. The number of aliphatic hydroxyl groups is 2. The van der Waals surface area contributed by atoms with Crippen molar-refractivity contribution in [1.82, 2.24) is 5.32 Å². The molecule has 1 unspecified atom stereocenters. The van der Waals surface area contributed by atoms with Gasteiger partial charge < -0.3 is 25.0 Å². The van der Waals surface area contributed by atoms with Gasteiger partial charge in [0.25, 0.3) is 0 Å². The zero-order valence-corrected chi connectivity index (χ0v) is 11.4. The standard InChI is InChI=1S/C13H27NO4/c1-2-17-7-8-18-10-12(15)9-14-11-13(16)5-3-4-6-13/h12,14-16H,2-11H2,1H3. The van der Waals surface area contributed by atoms with E-state index in [4.69, 9.17) is 9.47 Å². The molecule has 1 aliphatic carbocycles. The van der Waals surface area contributed by atoms with Crippen molar-refractivity contribution in [3.8, 4) is 0 Å². The van der Waals surface area contributed by atoms with Gasteiger partial charge in [-0.2, -0.15) is 0 Å². The molecule has 3 N–H and O–H groups in total. The average molecular weight is 261 g/mol. The fourth-order valence-corrected chi connectivity index (χ4v) is 2.22. The third kappa shape index (κ3) is 6.66. The summed E-state index contributed by atoms with van der Waals surface area (Å²) < 4.78 is 10.4. The number of hydrogen-bond donors (Lipinski definition) is 3. The maximum absolute atomic E-state index is 10.1. The Hall–Kier alpha value is -0.200. The number of hydrogen-bond acceptors (Lipinski definition) is 5. The van der Waals surface area contributed by atoms with Crippen molar-refractivity contribution in [1.29, 1.82) is 0 Å². The third-order valence-corrected chi connectivity index (χ3v) is 3.25. The van der Waals surface area contributed by atoms with Crippen molar-refractivity contribution < 1.29 is 19.7 Å². The van der Waals surface area contributed by atoms with Crippen LogP contribution in [0.15, 0.2) is 0 Å². The zero-order valence-electron chi connectivity index (χ0n) is 11.4. The molecule has 108 valence electrons. The molecule has 0 aliphatic heterocycles.